The fraction of sp³-hybridized carbons (Fsp3) is 0.231. The Morgan fingerprint density at radius 2 is 1.76 bits per heavy atom. The first kappa shape index (κ1) is 22.2. The van der Waals surface area contributed by atoms with Crippen LogP contribution in [0.2, 0.25) is 0 Å². The van der Waals surface area contributed by atoms with Crippen molar-refractivity contribution in [1.82, 2.24) is 9.97 Å². The van der Waals surface area contributed by atoms with E-state index < -0.39 is 0 Å². The number of fused-ring (bicyclic) bond motifs is 2. The zero-order valence-corrected chi connectivity index (χ0v) is 19.5. The van der Waals surface area contributed by atoms with Gasteiger partial charge in [0.05, 0.1) is 5.69 Å². The molecule has 2 aliphatic rings. The minimum atomic E-state index is -0.245. The van der Waals surface area contributed by atoms with Crippen molar-refractivity contribution in [2.75, 3.05) is 21.7 Å². The molecule has 3 aromatic rings. The van der Waals surface area contributed by atoms with Crippen LogP contribution in [0.3, 0.4) is 0 Å². The highest BCUT2D eigenvalue weighted by Gasteiger charge is 2.20. The lowest BCUT2D eigenvalue weighted by molar-refractivity contribution is -0.111. The van der Waals surface area contributed by atoms with Crippen LogP contribution >= 0.6 is 11.8 Å². The number of rotatable bonds is 6. The zero-order chi connectivity index (χ0) is 23.5. The molecule has 0 saturated carbocycles. The average molecular weight is 472 g/mol. The highest BCUT2D eigenvalue weighted by Crippen LogP contribution is 2.32. The second-order valence-electron chi connectivity index (χ2n) is 8.29. The van der Waals surface area contributed by atoms with Crippen LogP contribution in [0, 0.1) is 0 Å². The number of hydrogen-bond donors (Lipinski definition) is 3. The number of anilines is 5. The maximum Gasteiger partial charge on any atom is 0.247 e. The number of carbonyl (C=O) groups is 2. The largest absolute Gasteiger partial charge is 0.340 e. The molecule has 5 rings (SSSR count). The highest BCUT2D eigenvalue weighted by molar-refractivity contribution is 7.98. The van der Waals surface area contributed by atoms with Crippen LogP contribution in [0.5, 0.6) is 0 Å². The van der Waals surface area contributed by atoms with E-state index >= 15 is 0 Å². The molecule has 0 bridgehead atoms. The van der Waals surface area contributed by atoms with E-state index in [1.807, 2.05) is 54.2 Å². The summed E-state index contributed by atoms with van der Waals surface area (Å²) in [5, 5.41) is 9.52. The molecule has 1 aliphatic heterocycles. The van der Waals surface area contributed by atoms with E-state index in [1.54, 1.807) is 0 Å². The van der Waals surface area contributed by atoms with Crippen LogP contribution in [0.25, 0.3) is 0 Å². The van der Waals surface area contributed by atoms with Gasteiger partial charge < -0.3 is 16.0 Å². The van der Waals surface area contributed by atoms with Gasteiger partial charge in [-0.25, -0.2) is 4.98 Å². The molecule has 2 aromatic carbocycles. The van der Waals surface area contributed by atoms with E-state index in [0.29, 0.717) is 18.1 Å². The van der Waals surface area contributed by atoms with Crippen molar-refractivity contribution < 1.29 is 9.59 Å². The molecule has 0 fully saturated rings. The molecule has 0 spiro atoms. The third kappa shape index (κ3) is 4.82. The summed E-state index contributed by atoms with van der Waals surface area (Å²) in [7, 11) is 0. The Balaban J connectivity index is 1.40. The summed E-state index contributed by atoms with van der Waals surface area (Å²) < 4.78 is 0. The van der Waals surface area contributed by atoms with Crippen molar-refractivity contribution in [1.29, 1.82) is 0 Å². The van der Waals surface area contributed by atoms with Crippen LogP contribution in [0.4, 0.5) is 28.8 Å². The topological polar surface area (TPSA) is 96.0 Å². The third-order valence-electron chi connectivity index (χ3n) is 5.93. The molecule has 8 heteroatoms. The number of Topliss-reactive ketones (excluding diaryl/α,β-unsaturated/α-hetero) is 1. The summed E-state index contributed by atoms with van der Waals surface area (Å²) in [5.41, 5.74) is 6.51. The van der Waals surface area contributed by atoms with Gasteiger partial charge in [-0.15, -0.1) is 0 Å². The molecule has 0 atom stereocenters. The van der Waals surface area contributed by atoms with Gasteiger partial charge in [0, 0.05) is 40.4 Å². The van der Waals surface area contributed by atoms with Crippen LogP contribution in [0.15, 0.2) is 55.1 Å². The minimum Gasteiger partial charge on any atom is -0.340 e. The molecule has 172 valence electrons. The normalized spacial score (nSPS) is 14.5. The number of aryl methyl sites for hydroxylation is 2. The second kappa shape index (κ2) is 9.69. The van der Waals surface area contributed by atoms with Crippen molar-refractivity contribution in [2.45, 2.75) is 31.4 Å². The summed E-state index contributed by atoms with van der Waals surface area (Å²) in [5.74, 6) is 3.16. The van der Waals surface area contributed by atoms with Gasteiger partial charge in [-0.05, 0) is 79.1 Å². The fourth-order valence-electron chi connectivity index (χ4n) is 4.21. The van der Waals surface area contributed by atoms with E-state index in [4.69, 9.17) is 9.97 Å². The Morgan fingerprint density at radius 3 is 2.59 bits per heavy atom. The number of aromatic nitrogens is 2. The Bertz CT molecular complexity index is 1270. The molecule has 0 radical (unpaired) electrons. The maximum absolute atomic E-state index is 12.1. The standard InChI is InChI=1S/C26H25N5O2S/c1-2-24(33)27-17-6-8-18(9-7-17)28-25-21-15-34-13-12-22(21)30-26(31-25)29-19-10-11-20-16(14-19)4-3-5-23(20)32/h2,6-11,14H,1,3-5,12-13,15H2,(H,27,33)(H2,28,29,30,31). The number of nitrogens with zero attached hydrogens (tertiary/aromatic N) is 2. The van der Waals surface area contributed by atoms with E-state index in [0.717, 1.165) is 70.3 Å². The van der Waals surface area contributed by atoms with Crippen molar-refractivity contribution >= 4 is 52.3 Å². The van der Waals surface area contributed by atoms with Gasteiger partial charge in [0.25, 0.3) is 0 Å². The number of thioether (sulfide) groups is 1. The lowest BCUT2D eigenvalue weighted by Crippen LogP contribution is -2.13. The van der Waals surface area contributed by atoms with Gasteiger partial charge in [-0.1, -0.05) is 6.58 Å². The van der Waals surface area contributed by atoms with Crippen LogP contribution in [-0.2, 0) is 23.4 Å². The van der Waals surface area contributed by atoms with Crippen molar-refractivity contribution in [3.8, 4) is 0 Å². The molecule has 0 saturated heterocycles. The number of amides is 1. The lowest BCUT2D eigenvalue weighted by Gasteiger charge is -2.21. The van der Waals surface area contributed by atoms with Gasteiger partial charge >= 0.3 is 0 Å². The molecule has 1 aliphatic carbocycles. The lowest BCUT2D eigenvalue weighted by atomic mass is 9.90. The Hall–Kier alpha value is -3.65. The predicted octanol–water partition coefficient (Wildman–Crippen LogP) is 5.40. The van der Waals surface area contributed by atoms with Crippen LogP contribution in [-0.4, -0.2) is 27.4 Å². The maximum atomic E-state index is 12.1. The molecule has 3 N–H and O–H groups in total. The minimum absolute atomic E-state index is 0.219. The predicted molar refractivity (Wildman–Crippen MR) is 137 cm³/mol. The van der Waals surface area contributed by atoms with E-state index in [2.05, 4.69) is 22.5 Å². The number of hydrogen-bond acceptors (Lipinski definition) is 7. The molecule has 34 heavy (non-hydrogen) atoms. The molecule has 1 amide bonds. The summed E-state index contributed by atoms with van der Waals surface area (Å²) in [6.45, 7) is 3.47. The molecule has 1 aromatic heterocycles. The summed E-state index contributed by atoms with van der Waals surface area (Å²) in [6, 6.07) is 13.3. The van der Waals surface area contributed by atoms with Crippen molar-refractivity contribution in [3.05, 3.63) is 77.5 Å². The number of nitrogens with one attached hydrogen (secondary N) is 3. The van der Waals surface area contributed by atoms with Crippen molar-refractivity contribution in [2.24, 2.45) is 0 Å². The van der Waals surface area contributed by atoms with Gasteiger partial charge in [-0.3, -0.25) is 9.59 Å². The SMILES string of the molecule is C=CC(=O)Nc1ccc(Nc2nc(Nc3ccc4c(c3)CCCC4=O)nc3c2CSCC3)cc1. The number of benzene rings is 2. The number of ketones is 1. The zero-order valence-electron chi connectivity index (χ0n) is 18.7. The summed E-state index contributed by atoms with van der Waals surface area (Å²) in [6.07, 6.45) is 4.56. The van der Waals surface area contributed by atoms with E-state index in [1.165, 1.54) is 6.08 Å². The molecule has 0 unspecified atom stereocenters. The molecule has 2 heterocycles. The third-order valence-corrected chi connectivity index (χ3v) is 6.92. The fourth-order valence-corrected chi connectivity index (χ4v) is 5.20. The second-order valence-corrected chi connectivity index (χ2v) is 9.40. The van der Waals surface area contributed by atoms with E-state index in [9.17, 15) is 9.59 Å². The van der Waals surface area contributed by atoms with Gasteiger partial charge in [0.2, 0.25) is 11.9 Å². The van der Waals surface area contributed by atoms with Gasteiger partial charge in [0.15, 0.2) is 5.78 Å². The van der Waals surface area contributed by atoms with Gasteiger partial charge in [-0.2, -0.15) is 16.7 Å². The Labute approximate surface area is 202 Å². The number of carbonyl (C=O) groups excluding carboxylic acids is 2. The average Bonchev–Trinajstić information content (AvgIpc) is 2.85. The van der Waals surface area contributed by atoms with Gasteiger partial charge in [0.1, 0.15) is 5.82 Å². The first-order valence-corrected chi connectivity index (χ1v) is 12.5. The van der Waals surface area contributed by atoms with E-state index in [-0.39, 0.29) is 11.7 Å². The quantitative estimate of drug-likeness (QED) is 0.415. The summed E-state index contributed by atoms with van der Waals surface area (Å²) in [4.78, 5) is 33.2. The molecular formula is C26H25N5O2S. The monoisotopic (exact) mass is 471 g/mol. The smallest absolute Gasteiger partial charge is 0.247 e. The van der Waals surface area contributed by atoms with Crippen LogP contribution in [0.1, 0.15) is 40.0 Å². The van der Waals surface area contributed by atoms with Crippen molar-refractivity contribution in [3.63, 3.8) is 0 Å². The molecule has 7 nitrogen and oxygen atoms in total. The Morgan fingerprint density at radius 1 is 0.971 bits per heavy atom. The highest BCUT2D eigenvalue weighted by atomic mass is 32.2. The first-order valence-electron chi connectivity index (χ1n) is 11.3. The summed E-state index contributed by atoms with van der Waals surface area (Å²) >= 11 is 1.87. The first-order chi connectivity index (χ1) is 16.6. The van der Waals surface area contributed by atoms with Crippen LogP contribution < -0.4 is 16.0 Å². The molecular weight excluding hydrogens is 446 g/mol. The Kier molecular flexibility index (Phi) is 6.31.